The molecule has 0 saturated carbocycles. The second kappa shape index (κ2) is 5.51. The molecule has 1 aliphatic rings. The fraction of sp³-hybridized carbons (Fsp3) is 0.429. The third-order valence-corrected chi connectivity index (χ3v) is 3.68. The number of aryl methyl sites for hydroxylation is 2. The first-order chi connectivity index (χ1) is 10.1. The minimum absolute atomic E-state index is 0.0821. The van der Waals surface area contributed by atoms with E-state index in [2.05, 4.69) is 24.9 Å². The van der Waals surface area contributed by atoms with Crippen LogP contribution in [0.25, 0.3) is 0 Å². The summed E-state index contributed by atoms with van der Waals surface area (Å²) in [6, 6.07) is 3.57. The lowest BCUT2D eigenvalue weighted by molar-refractivity contribution is 0.637. The van der Waals surface area contributed by atoms with Crippen molar-refractivity contribution < 1.29 is 0 Å². The van der Waals surface area contributed by atoms with Crippen LogP contribution in [-0.2, 0) is 7.05 Å². The Kier molecular flexibility index (Phi) is 3.55. The quantitative estimate of drug-likeness (QED) is 0.786. The number of piperazine rings is 1. The fourth-order valence-electron chi connectivity index (χ4n) is 2.45. The van der Waals surface area contributed by atoms with Crippen molar-refractivity contribution in [1.82, 2.24) is 19.7 Å². The van der Waals surface area contributed by atoms with Gasteiger partial charge in [0.1, 0.15) is 11.6 Å². The molecule has 110 valence electrons. The summed E-state index contributed by atoms with van der Waals surface area (Å²) in [5.74, 6) is 1.75. The van der Waals surface area contributed by atoms with E-state index < -0.39 is 0 Å². The Balaban J connectivity index is 1.70. The van der Waals surface area contributed by atoms with Crippen LogP contribution in [0.5, 0.6) is 0 Å². The molecule has 1 aliphatic heterocycles. The van der Waals surface area contributed by atoms with E-state index in [-0.39, 0.29) is 5.56 Å². The third kappa shape index (κ3) is 2.86. The largest absolute Gasteiger partial charge is 0.367 e. The van der Waals surface area contributed by atoms with Gasteiger partial charge in [-0.1, -0.05) is 0 Å². The van der Waals surface area contributed by atoms with Crippen LogP contribution >= 0.6 is 0 Å². The van der Waals surface area contributed by atoms with Crippen LogP contribution < -0.4 is 15.4 Å². The molecule has 0 radical (unpaired) electrons. The molecule has 2 aromatic rings. The lowest BCUT2D eigenvalue weighted by Crippen LogP contribution is -2.47. The van der Waals surface area contributed by atoms with Gasteiger partial charge in [0, 0.05) is 45.5 Å². The molecule has 0 amide bonds. The van der Waals surface area contributed by atoms with Crippen LogP contribution in [0.4, 0.5) is 11.5 Å². The topological polar surface area (TPSA) is 67.2 Å². The summed E-state index contributed by atoms with van der Waals surface area (Å²) in [5, 5.41) is 4.07. The SMILES string of the molecule is Cc1nccc(N2CCN(c3cnn(C)c(=O)c3)CC2)n1. The zero-order valence-electron chi connectivity index (χ0n) is 12.2. The van der Waals surface area contributed by atoms with Crippen molar-refractivity contribution in [1.29, 1.82) is 0 Å². The monoisotopic (exact) mass is 286 g/mol. The zero-order chi connectivity index (χ0) is 14.8. The van der Waals surface area contributed by atoms with Crippen molar-refractivity contribution in [3.05, 3.63) is 40.7 Å². The number of hydrogen-bond acceptors (Lipinski definition) is 6. The molecule has 0 aliphatic carbocycles. The Bertz CT molecular complexity index is 690. The van der Waals surface area contributed by atoms with Gasteiger partial charge in [-0.25, -0.2) is 14.6 Å². The van der Waals surface area contributed by atoms with E-state index in [1.165, 1.54) is 4.68 Å². The van der Waals surface area contributed by atoms with E-state index in [1.54, 1.807) is 25.5 Å². The molecule has 2 aromatic heterocycles. The van der Waals surface area contributed by atoms with Gasteiger partial charge in [-0.05, 0) is 13.0 Å². The number of rotatable bonds is 2. The number of hydrogen-bond donors (Lipinski definition) is 0. The van der Waals surface area contributed by atoms with Gasteiger partial charge in [-0.3, -0.25) is 4.79 Å². The number of aromatic nitrogens is 4. The van der Waals surface area contributed by atoms with Gasteiger partial charge >= 0.3 is 0 Å². The first-order valence-electron chi connectivity index (χ1n) is 6.96. The van der Waals surface area contributed by atoms with Crippen molar-refractivity contribution >= 4 is 11.5 Å². The van der Waals surface area contributed by atoms with E-state index in [0.29, 0.717) is 0 Å². The molecule has 1 fully saturated rings. The lowest BCUT2D eigenvalue weighted by atomic mass is 10.3. The Labute approximate surface area is 122 Å². The Morgan fingerprint density at radius 1 is 1.14 bits per heavy atom. The van der Waals surface area contributed by atoms with Crippen LogP contribution in [-0.4, -0.2) is 45.9 Å². The standard InChI is InChI=1S/C14H18N6O/c1-11-15-4-3-13(17-11)20-7-5-19(6-8-20)12-9-14(21)18(2)16-10-12/h3-4,9-10H,5-8H2,1-2H3. The smallest absolute Gasteiger partial charge is 0.268 e. The molecule has 0 atom stereocenters. The van der Waals surface area contributed by atoms with Gasteiger partial charge in [0.15, 0.2) is 0 Å². The first-order valence-corrected chi connectivity index (χ1v) is 6.96. The number of anilines is 2. The van der Waals surface area contributed by atoms with Gasteiger partial charge in [-0.2, -0.15) is 5.10 Å². The minimum Gasteiger partial charge on any atom is -0.367 e. The average molecular weight is 286 g/mol. The van der Waals surface area contributed by atoms with Gasteiger partial charge in [0.2, 0.25) is 0 Å². The normalized spacial score (nSPS) is 15.3. The maximum Gasteiger partial charge on any atom is 0.268 e. The highest BCUT2D eigenvalue weighted by Gasteiger charge is 2.19. The second-order valence-corrected chi connectivity index (χ2v) is 5.11. The Morgan fingerprint density at radius 3 is 2.52 bits per heavy atom. The molecule has 0 spiro atoms. The summed E-state index contributed by atoms with van der Waals surface area (Å²) >= 11 is 0. The predicted octanol–water partition coefficient (Wildman–Crippen LogP) is 0.205. The van der Waals surface area contributed by atoms with E-state index in [0.717, 1.165) is 43.5 Å². The van der Waals surface area contributed by atoms with Crippen molar-refractivity contribution in [2.75, 3.05) is 36.0 Å². The molecule has 0 aromatic carbocycles. The van der Waals surface area contributed by atoms with Gasteiger partial charge in [0.05, 0.1) is 11.9 Å². The number of nitrogens with zero attached hydrogens (tertiary/aromatic N) is 6. The van der Waals surface area contributed by atoms with Crippen LogP contribution in [0.1, 0.15) is 5.82 Å². The highest BCUT2D eigenvalue weighted by molar-refractivity contribution is 5.47. The lowest BCUT2D eigenvalue weighted by Gasteiger charge is -2.36. The maximum absolute atomic E-state index is 11.7. The molecule has 3 rings (SSSR count). The maximum atomic E-state index is 11.7. The second-order valence-electron chi connectivity index (χ2n) is 5.11. The molecule has 1 saturated heterocycles. The summed E-state index contributed by atoms with van der Waals surface area (Å²) in [6.45, 7) is 5.32. The van der Waals surface area contributed by atoms with Crippen molar-refractivity contribution in [3.8, 4) is 0 Å². The van der Waals surface area contributed by atoms with Crippen LogP contribution in [0.2, 0.25) is 0 Å². The van der Waals surface area contributed by atoms with E-state index >= 15 is 0 Å². The summed E-state index contributed by atoms with van der Waals surface area (Å²) in [4.78, 5) is 24.6. The summed E-state index contributed by atoms with van der Waals surface area (Å²) in [7, 11) is 1.65. The van der Waals surface area contributed by atoms with Crippen molar-refractivity contribution in [3.63, 3.8) is 0 Å². The van der Waals surface area contributed by atoms with Crippen LogP contribution in [0, 0.1) is 6.92 Å². The molecular formula is C14H18N6O. The van der Waals surface area contributed by atoms with Crippen LogP contribution in [0.15, 0.2) is 29.3 Å². The predicted molar refractivity (Wildman–Crippen MR) is 80.7 cm³/mol. The highest BCUT2D eigenvalue weighted by Crippen LogP contribution is 2.17. The van der Waals surface area contributed by atoms with Crippen molar-refractivity contribution in [2.45, 2.75) is 6.92 Å². The summed E-state index contributed by atoms with van der Waals surface area (Å²) in [6.07, 6.45) is 3.53. The Hall–Kier alpha value is -2.44. The fourth-order valence-corrected chi connectivity index (χ4v) is 2.45. The van der Waals surface area contributed by atoms with E-state index in [9.17, 15) is 4.79 Å². The molecule has 21 heavy (non-hydrogen) atoms. The van der Waals surface area contributed by atoms with Gasteiger partial charge in [-0.15, -0.1) is 0 Å². The summed E-state index contributed by atoms with van der Waals surface area (Å²) in [5.41, 5.74) is 0.804. The van der Waals surface area contributed by atoms with Crippen LogP contribution in [0.3, 0.4) is 0 Å². The summed E-state index contributed by atoms with van der Waals surface area (Å²) < 4.78 is 1.34. The van der Waals surface area contributed by atoms with Gasteiger partial charge < -0.3 is 9.80 Å². The van der Waals surface area contributed by atoms with E-state index in [4.69, 9.17) is 0 Å². The highest BCUT2D eigenvalue weighted by atomic mass is 16.1. The van der Waals surface area contributed by atoms with Crippen molar-refractivity contribution in [2.24, 2.45) is 7.05 Å². The molecule has 3 heterocycles. The zero-order valence-corrected chi connectivity index (χ0v) is 12.2. The Morgan fingerprint density at radius 2 is 1.86 bits per heavy atom. The molecule has 0 unspecified atom stereocenters. The van der Waals surface area contributed by atoms with Gasteiger partial charge in [0.25, 0.3) is 5.56 Å². The first kappa shape index (κ1) is 13.5. The molecule has 7 heteroatoms. The molecule has 7 nitrogen and oxygen atoms in total. The molecule has 0 N–H and O–H groups in total. The molecule has 0 bridgehead atoms. The molecular weight excluding hydrogens is 268 g/mol. The van der Waals surface area contributed by atoms with E-state index in [1.807, 2.05) is 13.0 Å². The average Bonchev–Trinajstić information content (AvgIpc) is 2.50. The third-order valence-electron chi connectivity index (χ3n) is 3.68. The minimum atomic E-state index is -0.0821.